The van der Waals surface area contributed by atoms with Crippen molar-refractivity contribution < 1.29 is 18.7 Å². The van der Waals surface area contributed by atoms with Crippen molar-refractivity contribution in [2.75, 3.05) is 0 Å². The van der Waals surface area contributed by atoms with Crippen molar-refractivity contribution in [3.63, 3.8) is 0 Å². The number of aliphatic hydroxyl groups is 1. The van der Waals surface area contributed by atoms with Gasteiger partial charge in [-0.2, -0.15) is 0 Å². The molecular weight excluding hydrogens is 322 g/mol. The molecule has 0 heterocycles. The molecule has 1 aliphatic carbocycles. The van der Waals surface area contributed by atoms with Gasteiger partial charge in [-0.1, -0.05) is 36.4 Å². The Hall–Kier alpha value is -2.07. The van der Waals surface area contributed by atoms with Crippen molar-refractivity contribution in [3.8, 4) is 11.1 Å². The minimum Gasteiger partial charge on any atom is -0.389 e. The van der Waals surface area contributed by atoms with Gasteiger partial charge in [-0.25, -0.2) is 8.78 Å². The zero-order valence-electron chi connectivity index (χ0n) is 14.2. The van der Waals surface area contributed by atoms with E-state index in [0.29, 0.717) is 11.5 Å². The predicted molar refractivity (Wildman–Crippen MR) is 93.2 cm³/mol. The van der Waals surface area contributed by atoms with Gasteiger partial charge in [-0.15, -0.1) is 0 Å². The van der Waals surface area contributed by atoms with Crippen molar-refractivity contribution >= 4 is 6.29 Å². The van der Waals surface area contributed by atoms with Crippen LogP contribution in [0.3, 0.4) is 0 Å². The highest BCUT2D eigenvalue weighted by atomic mass is 19.2. The molecule has 0 amide bonds. The third kappa shape index (κ3) is 3.64. The standard InChI is InChI=1S/C21H22F2O2/c1-13(25)18-10-11-19(21(23)20(18)22)17-8-6-16(7-9-17)15-4-2-14(12-24)3-5-15/h6-15,25H,2-5H2,1H3. The molecular formula is C21H22F2O2. The molecule has 0 radical (unpaired) electrons. The molecule has 0 aliphatic heterocycles. The maximum atomic E-state index is 14.3. The first-order valence-electron chi connectivity index (χ1n) is 8.72. The van der Waals surface area contributed by atoms with Crippen LogP contribution in [-0.2, 0) is 4.79 Å². The molecule has 2 nitrogen and oxygen atoms in total. The Kier molecular flexibility index (Phi) is 5.28. The van der Waals surface area contributed by atoms with Crippen LogP contribution in [-0.4, -0.2) is 11.4 Å². The lowest BCUT2D eigenvalue weighted by Crippen LogP contribution is -2.14. The van der Waals surface area contributed by atoms with E-state index >= 15 is 0 Å². The van der Waals surface area contributed by atoms with Crippen molar-refractivity contribution in [3.05, 3.63) is 59.2 Å². The summed E-state index contributed by atoms with van der Waals surface area (Å²) in [5, 5.41) is 9.48. The normalized spacial score (nSPS) is 21.8. The summed E-state index contributed by atoms with van der Waals surface area (Å²) in [6.07, 6.45) is 3.79. The van der Waals surface area contributed by atoms with Crippen LogP contribution in [0.4, 0.5) is 8.78 Å². The van der Waals surface area contributed by atoms with Crippen LogP contribution >= 0.6 is 0 Å². The van der Waals surface area contributed by atoms with E-state index in [2.05, 4.69) is 0 Å². The lowest BCUT2D eigenvalue weighted by atomic mass is 9.79. The van der Waals surface area contributed by atoms with Gasteiger partial charge in [-0.3, -0.25) is 0 Å². The monoisotopic (exact) mass is 344 g/mol. The van der Waals surface area contributed by atoms with Gasteiger partial charge in [0.25, 0.3) is 0 Å². The highest BCUT2D eigenvalue weighted by molar-refractivity contribution is 5.65. The second kappa shape index (κ2) is 7.44. The number of carbonyl (C=O) groups excluding carboxylic acids is 1. The summed E-state index contributed by atoms with van der Waals surface area (Å²) in [6, 6.07) is 10.5. The summed E-state index contributed by atoms with van der Waals surface area (Å²) >= 11 is 0. The molecule has 1 N–H and O–H groups in total. The molecule has 1 saturated carbocycles. The molecule has 0 aromatic heterocycles. The van der Waals surface area contributed by atoms with E-state index < -0.39 is 17.7 Å². The fraction of sp³-hybridized carbons (Fsp3) is 0.381. The van der Waals surface area contributed by atoms with Gasteiger partial charge in [0.15, 0.2) is 11.6 Å². The Balaban J connectivity index is 1.81. The molecule has 3 rings (SSSR count). The molecule has 25 heavy (non-hydrogen) atoms. The number of hydrogen-bond acceptors (Lipinski definition) is 2. The van der Waals surface area contributed by atoms with Crippen LogP contribution in [0, 0.1) is 17.6 Å². The van der Waals surface area contributed by atoms with Crippen LogP contribution in [0.15, 0.2) is 36.4 Å². The number of halogens is 2. The number of carbonyl (C=O) groups is 1. The second-order valence-corrected chi connectivity index (χ2v) is 6.88. The summed E-state index contributed by atoms with van der Waals surface area (Å²) < 4.78 is 28.4. The van der Waals surface area contributed by atoms with E-state index in [1.165, 1.54) is 24.6 Å². The molecule has 0 spiro atoms. The molecule has 2 aromatic rings. The molecule has 4 heteroatoms. The highest BCUT2D eigenvalue weighted by Gasteiger charge is 2.22. The van der Waals surface area contributed by atoms with Crippen LogP contribution in [0.25, 0.3) is 11.1 Å². The van der Waals surface area contributed by atoms with Crippen molar-refractivity contribution in [1.82, 2.24) is 0 Å². The first-order valence-corrected chi connectivity index (χ1v) is 8.72. The first kappa shape index (κ1) is 17.7. The van der Waals surface area contributed by atoms with E-state index in [-0.39, 0.29) is 17.0 Å². The Morgan fingerprint density at radius 3 is 2.20 bits per heavy atom. The Morgan fingerprint density at radius 1 is 1.00 bits per heavy atom. The number of aldehydes is 1. The van der Waals surface area contributed by atoms with E-state index in [1.807, 2.05) is 12.1 Å². The average Bonchev–Trinajstić information content (AvgIpc) is 2.64. The van der Waals surface area contributed by atoms with Crippen LogP contribution in [0.5, 0.6) is 0 Å². The Morgan fingerprint density at radius 2 is 1.64 bits per heavy atom. The topological polar surface area (TPSA) is 37.3 Å². The Labute approximate surface area is 146 Å². The maximum Gasteiger partial charge on any atom is 0.167 e. The quantitative estimate of drug-likeness (QED) is 0.778. The van der Waals surface area contributed by atoms with Gasteiger partial charge in [-0.05, 0) is 49.7 Å². The molecule has 0 bridgehead atoms. The Bertz CT molecular complexity index is 745. The smallest absolute Gasteiger partial charge is 0.167 e. The van der Waals surface area contributed by atoms with Crippen LogP contribution in [0.1, 0.15) is 55.8 Å². The molecule has 1 unspecified atom stereocenters. The molecule has 0 saturated heterocycles. The number of rotatable bonds is 4. The van der Waals surface area contributed by atoms with Gasteiger partial charge in [0, 0.05) is 17.0 Å². The summed E-state index contributed by atoms with van der Waals surface area (Å²) in [6.45, 7) is 1.41. The highest BCUT2D eigenvalue weighted by Crippen LogP contribution is 2.36. The van der Waals surface area contributed by atoms with Gasteiger partial charge in [0.2, 0.25) is 0 Å². The zero-order valence-corrected chi connectivity index (χ0v) is 14.2. The number of hydrogen-bond donors (Lipinski definition) is 1. The lowest BCUT2D eigenvalue weighted by Gasteiger charge is -2.25. The average molecular weight is 344 g/mol. The van der Waals surface area contributed by atoms with E-state index in [1.54, 1.807) is 12.1 Å². The number of benzene rings is 2. The summed E-state index contributed by atoms with van der Waals surface area (Å²) in [5.74, 6) is -1.33. The zero-order chi connectivity index (χ0) is 18.0. The number of aliphatic hydroxyl groups excluding tert-OH is 1. The molecule has 1 atom stereocenters. The molecule has 1 fully saturated rings. The van der Waals surface area contributed by atoms with Gasteiger partial charge < -0.3 is 9.90 Å². The SMILES string of the molecule is CC(O)c1ccc(-c2ccc(C3CCC(C=O)CC3)cc2)c(F)c1F. The van der Waals surface area contributed by atoms with Gasteiger partial charge in [0.1, 0.15) is 6.29 Å². The largest absolute Gasteiger partial charge is 0.389 e. The molecule has 2 aromatic carbocycles. The van der Waals surface area contributed by atoms with Crippen molar-refractivity contribution in [2.24, 2.45) is 5.92 Å². The van der Waals surface area contributed by atoms with E-state index in [4.69, 9.17) is 0 Å². The maximum absolute atomic E-state index is 14.3. The minimum atomic E-state index is -1.05. The minimum absolute atomic E-state index is 0.0372. The van der Waals surface area contributed by atoms with Crippen LogP contribution in [0.2, 0.25) is 0 Å². The van der Waals surface area contributed by atoms with E-state index in [9.17, 15) is 18.7 Å². The van der Waals surface area contributed by atoms with Gasteiger partial charge in [0.05, 0.1) is 6.10 Å². The fourth-order valence-electron chi connectivity index (χ4n) is 3.63. The van der Waals surface area contributed by atoms with Gasteiger partial charge >= 0.3 is 0 Å². The molecule has 1 aliphatic rings. The lowest BCUT2D eigenvalue weighted by molar-refractivity contribution is -0.111. The van der Waals surface area contributed by atoms with Crippen molar-refractivity contribution in [1.29, 1.82) is 0 Å². The fourth-order valence-corrected chi connectivity index (χ4v) is 3.63. The summed E-state index contributed by atoms with van der Waals surface area (Å²) in [5.41, 5.74) is 1.94. The summed E-state index contributed by atoms with van der Waals surface area (Å²) in [7, 11) is 0. The second-order valence-electron chi connectivity index (χ2n) is 6.88. The van der Waals surface area contributed by atoms with Crippen molar-refractivity contribution in [2.45, 2.75) is 44.6 Å². The molecule has 132 valence electrons. The van der Waals surface area contributed by atoms with E-state index in [0.717, 1.165) is 32.0 Å². The first-order chi connectivity index (χ1) is 12.0. The summed E-state index contributed by atoms with van der Waals surface area (Å²) in [4.78, 5) is 10.8. The van der Waals surface area contributed by atoms with Crippen LogP contribution < -0.4 is 0 Å². The third-order valence-corrected chi connectivity index (χ3v) is 5.22. The predicted octanol–water partition coefficient (Wildman–Crippen LogP) is 5.16. The third-order valence-electron chi connectivity index (χ3n) is 5.22.